The smallest absolute Gasteiger partial charge is 0.420 e. The second-order valence-electron chi connectivity index (χ2n) is 12.1. The third kappa shape index (κ3) is 6.19. The van der Waals surface area contributed by atoms with E-state index in [-0.39, 0.29) is 49.9 Å². The first kappa shape index (κ1) is 32.3. The van der Waals surface area contributed by atoms with Gasteiger partial charge < -0.3 is 14.7 Å². The van der Waals surface area contributed by atoms with Crippen molar-refractivity contribution in [1.29, 1.82) is 0 Å². The number of benzene rings is 1. The molecule has 0 bridgehead atoms. The number of ether oxygens (including phenoxy) is 1. The van der Waals surface area contributed by atoms with E-state index in [1.165, 1.54) is 23.2 Å². The predicted octanol–water partition coefficient (Wildman–Crippen LogP) is 6.20. The van der Waals surface area contributed by atoms with Gasteiger partial charge in [-0.25, -0.2) is 35.8 Å². The van der Waals surface area contributed by atoms with Crippen molar-refractivity contribution >= 4 is 21.7 Å². The quantitative estimate of drug-likeness (QED) is 0.339. The van der Waals surface area contributed by atoms with Crippen molar-refractivity contribution in [3.63, 3.8) is 0 Å². The molecule has 2 heterocycles. The number of carboxylic acids is 1. The zero-order valence-electron chi connectivity index (χ0n) is 23.7. The number of halogens is 7. The number of carboxylic acid groups (broad SMARTS) is 1. The number of carbonyl (C=O) groups is 1. The highest BCUT2D eigenvalue weighted by molar-refractivity contribution is 7.89. The maximum atomic E-state index is 14.4. The lowest BCUT2D eigenvalue weighted by molar-refractivity contribution is -0.195. The van der Waals surface area contributed by atoms with E-state index in [1.54, 1.807) is 0 Å². The number of alkyl halides is 7. The highest BCUT2D eigenvalue weighted by atomic mass is 32.2. The van der Waals surface area contributed by atoms with Gasteiger partial charge in [0, 0.05) is 62.8 Å². The molecule has 1 aromatic heterocycles. The number of sulfonamides is 1. The highest BCUT2D eigenvalue weighted by Gasteiger charge is 2.63. The summed E-state index contributed by atoms with van der Waals surface area (Å²) in [4.78, 5) is 16.1. The van der Waals surface area contributed by atoms with E-state index in [0.717, 1.165) is 11.4 Å². The van der Waals surface area contributed by atoms with E-state index < -0.39 is 86.4 Å². The van der Waals surface area contributed by atoms with Crippen LogP contribution < -0.4 is 9.64 Å². The number of nitrogens with zero attached hydrogens (tertiary/aromatic N) is 3. The van der Waals surface area contributed by atoms with Crippen LogP contribution >= 0.6 is 0 Å². The van der Waals surface area contributed by atoms with E-state index in [2.05, 4.69) is 4.98 Å². The third-order valence-corrected chi connectivity index (χ3v) is 10.6. The van der Waals surface area contributed by atoms with Crippen LogP contribution in [0, 0.1) is 5.41 Å². The maximum absolute atomic E-state index is 14.4. The normalized spacial score (nSPS) is 22.9. The van der Waals surface area contributed by atoms with Crippen molar-refractivity contribution in [2.75, 3.05) is 18.5 Å². The van der Waals surface area contributed by atoms with Crippen molar-refractivity contribution in [2.24, 2.45) is 5.41 Å². The summed E-state index contributed by atoms with van der Waals surface area (Å²) in [5, 5.41) is 9.37. The van der Waals surface area contributed by atoms with Crippen molar-refractivity contribution in [1.82, 2.24) is 9.29 Å². The predicted molar refractivity (Wildman–Crippen MR) is 143 cm³/mol. The largest absolute Gasteiger partial charge is 0.488 e. The third-order valence-electron chi connectivity index (χ3n) is 8.69. The first-order valence-electron chi connectivity index (χ1n) is 13.8. The molecule has 5 rings (SSSR count). The topological polar surface area (TPSA) is 100 Å². The number of pyridine rings is 1. The van der Waals surface area contributed by atoms with Gasteiger partial charge >= 0.3 is 12.1 Å². The summed E-state index contributed by atoms with van der Waals surface area (Å²) in [6.45, 7) is -0.246. The van der Waals surface area contributed by atoms with E-state index in [0.29, 0.717) is 19.1 Å². The molecule has 2 aliphatic carbocycles. The lowest BCUT2D eigenvalue weighted by Gasteiger charge is -2.60. The molecule has 2 fully saturated rings. The van der Waals surface area contributed by atoms with Crippen molar-refractivity contribution in [3.05, 3.63) is 47.3 Å². The van der Waals surface area contributed by atoms with Crippen molar-refractivity contribution in [2.45, 2.75) is 87.1 Å². The molecule has 1 N–H and O–H groups in total. The Morgan fingerprint density at radius 3 is 2.39 bits per heavy atom. The van der Waals surface area contributed by atoms with Crippen LogP contribution in [0.4, 0.5) is 36.4 Å². The number of likely N-dealkylation sites (N-methyl/N-ethyl adjacent to an activating group) is 1. The van der Waals surface area contributed by atoms with Crippen LogP contribution in [0.15, 0.2) is 35.4 Å². The Hall–Kier alpha value is -3.14. The van der Waals surface area contributed by atoms with Gasteiger partial charge in [-0.05, 0) is 43.7 Å². The fourth-order valence-corrected chi connectivity index (χ4v) is 8.12. The van der Waals surface area contributed by atoms with Gasteiger partial charge in [0.1, 0.15) is 17.3 Å². The Bertz CT molecular complexity index is 1550. The summed E-state index contributed by atoms with van der Waals surface area (Å²) in [5.41, 5.74) is -2.92. The first-order chi connectivity index (χ1) is 20.2. The highest BCUT2D eigenvalue weighted by Crippen LogP contribution is 2.64. The molecule has 16 heteroatoms. The van der Waals surface area contributed by atoms with Gasteiger partial charge in [-0.1, -0.05) is 6.07 Å². The van der Waals surface area contributed by atoms with Gasteiger partial charge in [-0.15, -0.1) is 0 Å². The number of hydrogen-bond acceptors (Lipinski definition) is 6. The van der Waals surface area contributed by atoms with Crippen molar-refractivity contribution in [3.8, 4) is 5.75 Å². The molecule has 242 valence electrons. The molecule has 2 saturated carbocycles. The van der Waals surface area contributed by atoms with Gasteiger partial charge in [0.2, 0.25) is 21.9 Å². The summed E-state index contributed by atoms with van der Waals surface area (Å²) in [6, 6.07) is 2.30. The molecule has 1 aromatic carbocycles. The molecule has 1 atom stereocenters. The molecule has 2 aromatic rings. The Labute approximate surface area is 248 Å². The van der Waals surface area contributed by atoms with Gasteiger partial charge in [0.05, 0.1) is 11.3 Å². The molecule has 1 aliphatic heterocycles. The second kappa shape index (κ2) is 10.7. The Kier molecular flexibility index (Phi) is 7.87. The molecule has 44 heavy (non-hydrogen) atoms. The molecule has 0 saturated heterocycles. The average Bonchev–Trinajstić information content (AvgIpc) is 2.94. The molecule has 0 radical (unpaired) electrons. The Morgan fingerprint density at radius 2 is 1.82 bits per heavy atom. The zero-order valence-corrected chi connectivity index (χ0v) is 24.5. The van der Waals surface area contributed by atoms with Crippen LogP contribution in [-0.4, -0.2) is 66.3 Å². The minimum absolute atomic E-state index is 0.0673. The van der Waals surface area contributed by atoms with Gasteiger partial charge in [-0.2, -0.15) is 17.5 Å². The molecule has 0 amide bonds. The summed E-state index contributed by atoms with van der Waals surface area (Å²) in [5.74, 6) is -8.33. The number of aromatic carboxylic acids is 1. The van der Waals surface area contributed by atoms with Crippen LogP contribution in [0.25, 0.3) is 0 Å². The monoisotopic (exact) mass is 653 g/mol. The van der Waals surface area contributed by atoms with Crippen LogP contribution in [0.3, 0.4) is 0 Å². The number of rotatable bonds is 8. The van der Waals surface area contributed by atoms with Crippen LogP contribution in [0.1, 0.15) is 67.1 Å². The molecule has 0 unspecified atom stereocenters. The minimum Gasteiger partial charge on any atom is -0.488 e. The van der Waals surface area contributed by atoms with Crippen molar-refractivity contribution < 1.29 is 53.8 Å². The molecule has 3 aliphatic rings. The zero-order chi connectivity index (χ0) is 32.5. The number of fused-ring (bicyclic) bond motifs is 1. The molecule has 1 spiro atoms. The van der Waals surface area contributed by atoms with Crippen LogP contribution in [-0.2, 0) is 22.8 Å². The number of anilines is 1. The fourth-order valence-electron chi connectivity index (χ4n) is 6.55. The van der Waals surface area contributed by atoms with E-state index in [4.69, 9.17) is 4.74 Å². The van der Waals surface area contributed by atoms with E-state index in [1.807, 2.05) is 0 Å². The fraction of sp³-hybridized carbons (Fsp3) is 0.571. The summed E-state index contributed by atoms with van der Waals surface area (Å²) in [6.07, 6.45) is -5.28. The number of aromatic nitrogens is 1. The van der Waals surface area contributed by atoms with Crippen LogP contribution in [0.2, 0.25) is 0 Å². The minimum atomic E-state index is -5.05. The Morgan fingerprint density at radius 1 is 1.16 bits per heavy atom. The molecular weight excluding hydrogens is 623 g/mol. The van der Waals surface area contributed by atoms with Gasteiger partial charge in [-0.3, -0.25) is 0 Å². The van der Waals surface area contributed by atoms with Gasteiger partial charge in [0.15, 0.2) is 5.69 Å². The lowest BCUT2D eigenvalue weighted by Crippen LogP contribution is -2.61. The summed E-state index contributed by atoms with van der Waals surface area (Å²) in [7, 11) is -3.42. The lowest BCUT2D eigenvalue weighted by atomic mass is 9.52. The standard InChI is InChI=1S/C28H30F7N3O5S/c1-25(29,30)6-5-17-12-38(18-10-26(11-18)14-27(31,32)15-26)20-8-19(28(33,34)35)21(9-22(20)44(41,42)37(17)2)43-13-16-4-3-7-36-23(16)24(39)40/h3-4,7-9,17-18H,5-6,10-15H2,1-2H3,(H,39,40)/t17-/m1/s1. The maximum Gasteiger partial charge on any atom is 0.420 e. The summed E-state index contributed by atoms with van der Waals surface area (Å²) >= 11 is 0. The van der Waals surface area contributed by atoms with Gasteiger partial charge in [0.25, 0.3) is 0 Å². The molecule has 8 nitrogen and oxygen atoms in total. The first-order valence-corrected chi connectivity index (χ1v) is 15.2. The summed E-state index contributed by atoms with van der Waals surface area (Å²) < 4.78 is 132. The average molecular weight is 654 g/mol. The van der Waals surface area contributed by atoms with Crippen LogP contribution in [0.5, 0.6) is 5.75 Å². The van der Waals surface area contributed by atoms with E-state index >= 15 is 0 Å². The van der Waals surface area contributed by atoms with E-state index in [9.17, 15) is 49.1 Å². The number of hydrogen-bond donors (Lipinski definition) is 1. The second-order valence-corrected chi connectivity index (χ2v) is 14.1. The Balaban J connectivity index is 1.58. The SMILES string of the molecule is CN1[C@H](CCC(C)(F)F)CN(C2CC3(C2)CC(F)(F)C3)c2cc(C(F)(F)F)c(OCc3cccnc3C(=O)O)cc2S1(=O)=O. The molecular formula is C28H30F7N3O5S.